The summed E-state index contributed by atoms with van der Waals surface area (Å²) in [4.78, 5) is 25.3. The van der Waals surface area contributed by atoms with Crippen molar-refractivity contribution in [2.24, 2.45) is 0 Å². The topological polar surface area (TPSA) is 65.7 Å². The van der Waals surface area contributed by atoms with Gasteiger partial charge in [-0.1, -0.05) is 40.9 Å². The van der Waals surface area contributed by atoms with Gasteiger partial charge in [0.2, 0.25) is 11.2 Å². The second-order valence-corrected chi connectivity index (χ2v) is 9.34. The summed E-state index contributed by atoms with van der Waals surface area (Å²) in [5.74, 6) is -3.65. The summed E-state index contributed by atoms with van der Waals surface area (Å²) < 4.78 is 57.2. The second kappa shape index (κ2) is 10.7. The Hall–Kier alpha value is -3.46. The Labute approximate surface area is 228 Å². The van der Waals surface area contributed by atoms with Crippen molar-refractivity contribution in [3.05, 3.63) is 102 Å². The van der Waals surface area contributed by atoms with Crippen LogP contribution in [0.5, 0.6) is 17.2 Å². The van der Waals surface area contributed by atoms with Crippen molar-refractivity contribution in [2.75, 3.05) is 0 Å². The number of hydrogen-bond acceptors (Lipinski definition) is 5. The maximum absolute atomic E-state index is 13.9. The monoisotopic (exact) mass is 582 g/mol. The van der Waals surface area contributed by atoms with Crippen LogP contribution < -0.4 is 14.9 Å². The number of alkyl halides is 3. The first-order valence-electron chi connectivity index (χ1n) is 10.8. The van der Waals surface area contributed by atoms with E-state index in [1.807, 2.05) is 0 Å². The number of hydrogen-bond donors (Lipinski definition) is 0. The number of carbonyl (C=O) groups excluding carboxylic acids is 1. The molecule has 0 fully saturated rings. The third-order valence-electron chi connectivity index (χ3n) is 5.28. The quantitative estimate of drug-likeness (QED) is 0.133. The van der Waals surface area contributed by atoms with E-state index in [2.05, 4.69) is 0 Å². The molecule has 0 radical (unpaired) electrons. The second-order valence-electron chi connectivity index (χ2n) is 8.15. The largest absolute Gasteiger partial charge is 0.453 e. The first kappa shape index (κ1) is 27.6. The lowest BCUT2D eigenvalue weighted by Gasteiger charge is -2.14. The van der Waals surface area contributed by atoms with Crippen molar-refractivity contribution in [2.45, 2.75) is 20.0 Å². The van der Waals surface area contributed by atoms with E-state index in [4.69, 9.17) is 48.7 Å². The van der Waals surface area contributed by atoms with Crippen molar-refractivity contribution in [3.63, 3.8) is 0 Å². The molecule has 0 unspecified atom stereocenters. The molecule has 5 nitrogen and oxygen atoms in total. The molecule has 11 heteroatoms. The molecule has 3 aromatic carbocycles. The van der Waals surface area contributed by atoms with E-state index in [1.54, 1.807) is 26.0 Å². The van der Waals surface area contributed by atoms with Gasteiger partial charge in [0.25, 0.3) is 5.76 Å². The van der Waals surface area contributed by atoms with Crippen LogP contribution in [0.15, 0.2) is 63.8 Å². The minimum absolute atomic E-state index is 0.0131. The van der Waals surface area contributed by atoms with Crippen LogP contribution >= 0.6 is 34.8 Å². The maximum atomic E-state index is 13.9. The molecule has 0 N–H and O–H groups in total. The van der Waals surface area contributed by atoms with Crippen LogP contribution in [0, 0.1) is 13.8 Å². The van der Waals surface area contributed by atoms with Gasteiger partial charge < -0.3 is 13.9 Å². The van der Waals surface area contributed by atoms with Crippen LogP contribution in [-0.2, 0) is 11.0 Å². The highest BCUT2D eigenvalue weighted by Crippen LogP contribution is 2.39. The van der Waals surface area contributed by atoms with E-state index >= 15 is 0 Å². The number of aryl methyl sites for hydroxylation is 2. The number of halogens is 6. The van der Waals surface area contributed by atoms with Gasteiger partial charge in [-0.2, -0.15) is 13.2 Å². The van der Waals surface area contributed by atoms with Gasteiger partial charge in [0.05, 0.1) is 15.4 Å². The number of esters is 1. The molecule has 38 heavy (non-hydrogen) atoms. The van der Waals surface area contributed by atoms with Crippen molar-refractivity contribution in [1.29, 1.82) is 0 Å². The zero-order valence-electron chi connectivity index (χ0n) is 19.6. The van der Waals surface area contributed by atoms with E-state index in [9.17, 15) is 22.8 Å². The third-order valence-corrected chi connectivity index (χ3v) is 6.62. The summed E-state index contributed by atoms with van der Waals surface area (Å²) in [6.07, 6.45) is -2.56. The van der Waals surface area contributed by atoms with Gasteiger partial charge in [0, 0.05) is 17.2 Å². The number of carbonyl (C=O) groups is 1. The molecule has 0 aliphatic rings. The molecule has 0 aliphatic carbocycles. The van der Waals surface area contributed by atoms with Crippen LogP contribution in [0.4, 0.5) is 13.2 Å². The van der Waals surface area contributed by atoms with Crippen molar-refractivity contribution in [3.8, 4) is 17.2 Å². The van der Waals surface area contributed by atoms with Gasteiger partial charge >= 0.3 is 12.1 Å². The molecule has 4 rings (SSSR count). The van der Waals surface area contributed by atoms with Crippen LogP contribution in [0.3, 0.4) is 0 Å². The fourth-order valence-corrected chi connectivity index (χ4v) is 3.93. The Morgan fingerprint density at radius 2 is 1.61 bits per heavy atom. The van der Waals surface area contributed by atoms with Crippen LogP contribution in [0.1, 0.15) is 22.5 Å². The Morgan fingerprint density at radius 1 is 0.921 bits per heavy atom. The van der Waals surface area contributed by atoms with E-state index in [-0.39, 0.29) is 21.9 Å². The van der Waals surface area contributed by atoms with Crippen LogP contribution in [-0.4, -0.2) is 5.97 Å². The first-order valence-corrected chi connectivity index (χ1v) is 11.9. The number of fused-ring (bicyclic) bond motifs is 1. The van der Waals surface area contributed by atoms with Gasteiger partial charge in [0.1, 0.15) is 17.1 Å². The third kappa shape index (κ3) is 5.99. The average molecular weight is 584 g/mol. The molecular formula is C27H16Cl3F3O5. The lowest BCUT2D eigenvalue weighted by Crippen LogP contribution is -2.15. The van der Waals surface area contributed by atoms with Gasteiger partial charge in [-0.15, -0.1) is 0 Å². The number of rotatable bonds is 5. The molecule has 0 saturated carbocycles. The smallest absolute Gasteiger partial charge is 0.449 e. The zero-order valence-corrected chi connectivity index (χ0v) is 21.9. The standard InChI is InChI=1S/C27H16Cl3F3O5/c1-13-9-17(10-14(2)23(13)30)37-25-24(35)18-6-5-16(12-21(18)38-26(25)27(31,32)33)36-22(34)8-4-15-3-7-19(28)20(29)11-15/h3-12H,1-2H3/b8-4+. The normalized spacial score (nSPS) is 11.8. The number of benzene rings is 3. The fourth-order valence-electron chi connectivity index (χ4n) is 3.51. The highest BCUT2D eigenvalue weighted by atomic mass is 35.5. The molecule has 0 bridgehead atoms. The minimum Gasteiger partial charge on any atom is -0.449 e. The van der Waals surface area contributed by atoms with E-state index in [1.165, 1.54) is 36.4 Å². The van der Waals surface area contributed by atoms with Gasteiger partial charge in [0.15, 0.2) is 0 Å². The summed E-state index contributed by atoms with van der Waals surface area (Å²) in [5, 5.41) is 0.848. The molecule has 0 amide bonds. The Bertz CT molecular complexity index is 1640. The summed E-state index contributed by atoms with van der Waals surface area (Å²) in [7, 11) is 0. The highest BCUT2D eigenvalue weighted by molar-refractivity contribution is 6.42. The molecule has 0 atom stereocenters. The maximum Gasteiger partial charge on any atom is 0.453 e. The van der Waals surface area contributed by atoms with Crippen LogP contribution in [0.25, 0.3) is 17.0 Å². The van der Waals surface area contributed by atoms with Crippen molar-refractivity contribution >= 4 is 57.8 Å². The molecule has 4 aromatic rings. The Morgan fingerprint density at radius 3 is 2.24 bits per heavy atom. The summed E-state index contributed by atoms with van der Waals surface area (Å²) >= 11 is 17.9. The molecular weight excluding hydrogens is 568 g/mol. The van der Waals surface area contributed by atoms with Gasteiger partial charge in [-0.25, -0.2) is 4.79 Å². The predicted molar refractivity (Wildman–Crippen MR) is 140 cm³/mol. The lowest BCUT2D eigenvalue weighted by molar-refractivity contribution is -0.154. The number of ether oxygens (including phenoxy) is 2. The first-order chi connectivity index (χ1) is 17.8. The summed E-state index contributed by atoms with van der Waals surface area (Å²) in [6, 6.07) is 11.0. The molecule has 0 aliphatic heterocycles. The van der Waals surface area contributed by atoms with E-state index < -0.39 is 34.7 Å². The van der Waals surface area contributed by atoms with Crippen molar-refractivity contribution < 1.29 is 31.9 Å². The van der Waals surface area contributed by atoms with E-state index in [0.717, 1.165) is 12.1 Å². The van der Waals surface area contributed by atoms with Gasteiger partial charge in [-0.05, 0) is 73.0 Å². The highest BCUT2D eigenvalue weighted by Gasteiger charge is 2.40. The molecule has 0 spiro atoms. The van der Waals surface area contributed by atoms with Gasteiger partial charge in [-0.3, -0.25) is 4.79 Å². The van der Waals surface area contributed by atoms with Crippen LogP contribution in [0.2, 0.25) is 15.1 Å². The summed E-state index contributed by atoms with van der Waals surface area (Å²) in [5.41, 5.74) is 0.174. The molecule has 1 aromatic heterocycles. The van der Waals surface area contributed by atoms with Crippen molar-refractivity contribution in [1.82, 2.24) is 0 Å². The SMILES string of the molecule is Cc1cc(Oc2c(C(F)(F)F)oc3cc(OC(=O)/C=C/c4ccc(Cl)c(Cl)c4)ccc3c2=O)cc(C)c1Cl. The predicted octanol–water partition coefficient (Wildman–Crippen LogP) is 8.80. The molecule has 0 saturated heterocycles. The average Bonchev–Trinajstić information content (AvgIpc) is 2.84. The minimum atomic E-state index is -5.06. The Balaban J connectivity index is 1.67. The van der Waals surface area contributed by atoms with E-state index in [0.29, 0.717) is 26.7 Å². The Kier molecular flexibility index (Phi) is 7.78. The zero-order chi connectivity index (χ0) is 27.8. The lowest BCUT2D eigenvalue weighted by atomic mass is 10.1. The molecule has 1 heterocycles. The molecule has 196 valence electrons. The summed E-state index contributed by atoms with van der Waals surface area (Å²) in [6.45, 7) is 3.30. The fraction of sp³-hybridized carbons (Fsp3) is 0.111.